The number of esters is 1. The number of rotatable bonds is 4. The van der Waals surface area contributed by atoms with E-state index in [0.717, 1.165) is 0 Å². The summed E-state index contributed by atoms with van der Waals surface area (Å²) >= 11 is 3.17. The molecule has 0 aliphatic rings. The van der Waals surface area contributed by atoms with E-state index in [1.165, 1.54) is 43.7 Å². The minimum atomic E-state index is -0.545. The van der Waals surface area contributed by atoms with Crippen molar-refractivity contribution in [3.8, 4) is 0 Å². The number of hydrogen-bond acceptors (Lipinski definition) is 3. The molecular weight excluding hydrogens is 392 g/mol. The van der Waals surface area contributed by atoms with Gasteiger partial charge in [0.2, 0.25) is 0 Å². The van der Waals surface area contributed by atoms with Crippen molar-refractivity contribution in [3.63, 3.8) is 0 Å². The summed E-state index contributed by atoms with van der Waals surface area (Å²) in [4.78, 5) is 15.1. The van der Waals surface area contributed by atoms with Gasteiger partial charge < -0.3 is 4.74 Å². The van der Waals surface area contributed by atoms with Crippen molar-refractivity contribution in [2.24, 2.45) is 4.99 Å². The van der Waals surface area contributed by atoms with Crippen LogP contribution in [0.25, 0.3) is 6.08 Å². The fraction of sp³-hybridized carbons (Fsp3) is 0.158. The molecule has 0 aromatic heterocycles. The van der Waals surface area contributed by atoms with E-state index in [1.54, 1.807) is 18.2 Å². The maximum absolute atomic E-state index is 13.7. The lowest BCUT2D eigenvalue weighted by Crippen LogP contribution is -1.93. The first-order valence-electron chi connectivity index (χ1n) is 7.53. The largest absolute Gasteiger partial charge is 0.466 e. The second-order valence-corrected chi connectivity index (χ2v) is 5.44. The standard InChI is InChI=1S/C17H12BrF2NO2.C2H6/c1-23-17(22)5-2-11-6-14(19)9-15(7-11)21-10-12-3-4-13(18)8-16(12)20;1-2/h2-10H,1H3;1-2H3/b5-2+,21-10?;. The Labute approximate surface area is 154 Å². The van der Waals surface area contributed by atoms with E-state index in [2.05, 4.69) is 25.7 Å². The maximum atomic E-state index is 13.7. The lowest BCUT2D eigenvalue weighted by Gasteiger charge is -2.00. The van der Waals surface area contributed by atoms with Crippen LogP contribution in [0.3, 0.4) is 0 Å². The number of aliphatic imine (C=N–C) groups is 1. The molecule has 0 atom stereocenters. The predicted molar refractivity (Wildman–Crippen MR) is 100 cm³/mol. The molecule has 0 amide bonds. The van der Waals surface area contributed by atoms with Crippen molar-refractivity contribution in [2.75, 3.05) is 7.11 Å². The molecule has 0 spiro atoms. The molecule has 0 fully saturated rings. The first-order chi connectivity index (χ1) is 12.0. The minimum absolute atomic E-state index is 0.282. The predicted octanol–water partition coefficient (Wildman–Crippen LogP) is 5.69. The van der Waals surface area contributed by atoms with Crippen LogP contribution < -0.4 is 0 Å². The van der Waals surface area contributed by atoms with E-state index in [0.29, 0.717) is 15.7 Å². The van der Waals surface area contributed by atoms with E-state index in [-0.39, 0.29) is 5.56 Å². The Balaban J connectivity index is 0.00000151. The highest BCUT2D eigenvalue weighted by Gasteiger charge is 2.02. The van der Waals surface area contributed by atoms with E-state index >= 15 is 0 Å². The van der Waals surface area contributed by atoms with Crippen molar-refractivity contribution in [1.82, 2.24) is 0 Å². The average molecular weight is 410 g/mol. The molecule has 0 saturated heterocycles. The van der Waals surface area contributed by atoms with Crippen molar-refractivity contribution in [1.29, 1.82) is 0 Å². The highest BCUT2D eigenvalue weighted by atomic mass is 79.9. The van der Waals surface area contributed by atoms with Crippen LogP contribution in [0, 0.1) is 11.6 Å². The Hall–Kier alpha value is -2.34. The topological polar surface area (TPSA) is 38.7 Å². The molecule has 6 heteroatoms. The Kier molecular flexibility index (Phi) is 8.70. The van der Waals surface area contributed by atoms with Crippen molar-refractivity contribution in [2.45, 2.75) is 13.8 Å². The van der Waals surface area contributed by atoms with Gasteiger partial charge >= 0.3 is 5.97 Å². The van der Waals surface area contributed by atoms with E-state index in [4.69, 9.17) is 0 Å². The normalized spacial score (nSPS) is 10.6. The first-order valence-corrected chi connectivity index (χ1v) is 8.33. The number of hydrogen-bond donors (Lipinski definition) is 0. The summed E-state index contributed by atoms with van der Waals surface area (Å²) in [5.41, 5.74) is 1.03. The average Bonchev–Trinajstić information content (AvgIpc) is 2.60. The van der Waals surface area contributed by atoms with Gasteiger partial charge in [0.1, 0.15) is 11.6 Å². The Bertz CT molecular complexity index is 789. The van der Waals surface area contributed by atoms with Crippen LogP contribution >= 0.6 is 15.9 Å². The summed E-state index contributed by atoms with van der Waals surface area (Å²) in [5.74, 6) is -1.50. The molecule has 0 saturated carbocycles. The van der Waals surface area contributed by atoms with Gasteiger partial charge in [0.05, 0.1) is 12.8 Å². The minimum Gasteiger partial charge on any atom is -0.466 e. The molecule has 25 heavy (non-hydrogen) atoms. The highest BCUT2D eigenvalue weighted by Crippen LogP contribution is 2.19. The summed E-state index contributed by atoms with van der Waals surface area (Å²) < 4.78 is 32.4. The van der Waals surface area contributed by atoms with Crippen LogP contribution in [0.15, 0.2) is 51.9 Å². The number of carbonyl (C=O) groups excluding carboxylic acids is 1. The number of methoxy groups -OCH3 is 1. The molecule has 0 unspecified atom stereocenters. The zero-order valence-electron chi connectivity index (χ0n) is 14.1. The monoisotopic (exact) mass is 409 g/mol. The van der Waals surface area contributed by atoms with E-state index in [9.17, 15) is 13.6 Å². The molecular formula is C19H18BrF2NO2. The molecule has 2 aromatic rings. The van der Waals surface area contributed by atoms with Crippen LogP contribution in [-0.4, -0.2) is 19.3 Å². The Morgan fingerprint density at radius 1 is 1.16 bits per heavy atom. The fourth-order valence-corrected chi connectivity index (χ4v) is 2.08. The molecule has 2 aromatic carbocycles. The Morgan fingerprint density at radius 2 is 1.88 bits per heavy atom. The van der Waals surface area contributed by atoms with Crippen molar-refractivity contribution < 1.29 is 18.3 Å². The van der Waals surface area contributed by atoms with Gasteiger partial charge in [-0.2, -0.15) is 0 Å². The molecule has 0 N–H and O–H groups in total. The molecule has 0 heterocycles. The number of benzene rings is 2. The van der Waals surface area contributed by atoms with Gasteiger partial charge in [0.25, 0.3) is 0 Å². The molecule has 132 valence electrons. The van der Waals surface area contributed by atoms with Crippen LogP contribution in [0.5, 0.6) is 0 Å². The number of carbonyl (C=O) groups is 1. The second-order valence-electron chi connectivity index (χ2n) is 4.52. The molecule has 2 rings (SSSR count). The van der Waals surface area contributed by atoms with Gasteiger partial charge in [-0.1, -0.05) is 29.8 Å². The molecule has 0 aliphatic carbocycles. The van der Waals surface area contributed by atoms with Gasteiger partial charge in [0, 0.05) is 22.3 Å². The molecule has 0 radical (unpaired) electrons. The number of halogens is 3. The third-order valence-corrected chi connectivity index (χ3v) is 3.33. The summed E-state index contributed by atoms with van der Waals surface area (Å²) in [6.07, 6.45) is 3.90. The molecule has 0 aliphatic heterocycles. The Morgan fingerprint density at radius 3 is 2.52 bits per heavy atom. The van der Waals surface area contributed by atoms with Crippen LogP contribution in [0.2, 0.25) is 0 Å². The van der Waals surface area contributed by atoms with Crippen LogP contribution in [0.1, 0.15) is 25.0 Å². The zero-order chi connectivity index (χ0) is 18.8. The number of nitrogens with zero attached hydrogens (tertiary/aromatic N) is 1. The van der Waals surface area contributed by atoms with Crippen molar-refractivity contribution >= 4 is 39.9 Å². The molecule has 3 nitrogen and oxygen atoms in total. The highest BCUT2D eigenvalue weighted by molar-refractivity contribution is 9.10. The SMILES string of the molecule is CC.COC(=O)/C=C/c1cc(F)cc(N=Cc2ccc(Br)cc2F)c1. The lowest BCUT2D eigenvalue weighted by atomic mass is 10.1. The smallest absolute Gasteiger partial charge is 0.330 e. The third kappa shape index (κ3) is 6.97. The lowest BCUT2D eigenvalue weighted by molar-refractivity contribution is -0.134. The summed E-state index contributed by atoms with van der Waals surface area (Å²) in [7, 11) is 1.25. The van der Waals surface area contributed by atoms with Gasteiger partial charge in [-0.25, -0.2) is 13.6 Å². The fourth-order valence-electron chi connectivity index (χ4n) is 1.75. The summed E-state index contributed by atoms with van der Waals surface area (Å²) in [6, 6.07) is 8.58. The second kappa shape index (κ2) is 10.5. The summed E-state index contributed by atoms with van der Waals surface area (Å²) in [6.45, 7) is 4.00. The number of ether oxygens (including phenoxy) is 1. The van der Waals surface area contributed by atoms with Gasteiger partial charge in [-0.15, -0.1) is 0 Å². The zero-order valence-corrected chi connectivity index (χ0v) is 15.7. The van der Waals surface area contributed by atoms with Gasteiger partial charge in [-0.3, -0.25) is 4.99 Å². The van der Waals surface area contributed by atoms with E-state index < -0.39 is 17.6 Å². The maximum Gasteiger partial charge on any atom is 0.330 e. The van der Waals surface area contributed by atoms with Gasteiger partial charge in [-0.05, 0) is 48.0 Å². The van der Waals surface area contributed by atoms with Gasteiger partial charge in [0.15, 0.2) is 0 Å². The van der Waals surface area contributed by atoms with Crippen LogP contribution in [0.4, 0.5) is 14.5 Å². The van der Waals surface area contributed by atoms with Crippen LogP contribution in [-0.2, 0) is 9.53 Å². The van der Waals surface area contributed by atoms with Crippen molar-refractivity contribution in [3.05, 3.63) is 69.7 Å². The summed E-state index contributed by atoms with van der Waals surface area (Å²) in [5, 5.41) is 0. The first kappa shape index (κ1) is 20.7. The van der Waals surface area contributed by atoms with E-state index in [1.807, 2.05) is 13.8 Å². The molecule has 0 bridgehead atoms. The third-order valence-electron chi connectivity index (χ3n) is 2.83. The quantitative estimate of drug-likeness (QED) is 0.369.